The number of halogens is 1. The van der Waals surface area contributed by atoms with Crippen LogP contribution in [0.3, 0.4) is 0 Å². The number of nitrogens with zero attached hydrogens (tertiary/aromatic N) is 1. The van der Waals surface area contributed by atoms with Crippen molar-refractivity contribution < 1.29 is 9.84 Å². The van der Waals surface area contributed by atoms with E-state index in [2.05, 4.69) is 24.5 Å². The van der Waals surface area contributed by atoms with Crippen LogP contribution < -0.4 is 10.6 Å². The number of nitrogens with one attached hydrogen (secondary N) is 2. The zero-order valence-corrected chi connectivity index (χ0v) is 18.4. The molecule has 0 aromatic rings. The maximum atomic E-state index is 9.66. The zero-order valence-electron chi connectivity index (χ0n) is 16.1. The molecule has 2 fully saturated rings. The monoisotopic (exact) mass is 467 g/mol. The number of aliphatic hydroxyl groups excluding tert-OH is 1. The highest BCUT2D eigenvalue weighted by molar-refractivity contribution is 14.0. The van der Waals surface area contributed by atoms with Gasteiger partial charge in [-0.15, -0.1) is 24.0 Å². The van der Waals surface area contributed by atoms with Crippen LogP contribution in [-0.2, 0) is 4.74 Å². The van der Waals surface area contributed by atoms with Gasteiger partial charge in [0.2, 0.25) is 0 Å². The van der Waals surface area contributed by atoms with Crippen LogP contribution in [0.25, 0.3) is 0 Å². The molecule has 5 nitrogen and oxygen atoms in total. The summed E-state index contributed by atoms with van der Waals surface area (Å²) in [7, 11) is 0. The van der Waals surface area contributed by atoms with Gasteiger partial charge in [-0.1, -0.05) is 26.2 Å². The van der Waals surface area contributed by atoms with E-state index in [0.29, 0.717) is 6.04 Å². The minimum atomic E-state index is -0.115. The van der Waals surface area contributed by atoms with Crippen LogP contribution in [0.15, 0.2) is 4.99 Å². The van der Waals surface area contributed by atoms with Crippen molar-refractivity contribution in [2.75, 3.05) is 19.7 Å². The van der Waals surface area contributed by atoms with Gasteiger partial charge < -0.3 is 20.5 Å². The number of ether oxygens (including phenoxy) is 1. The van der Waals surface area contributed by atoms with E-state index in [1.165, 1.54) is 19.3 Å². The molecule has 2 aliphatic carbocycles. The fourth-order valence-electron chi connectivity index (χ4n) is 3.82. The van der Waals surface area contributed by atoms with Gasteiger partial charge in [-0.2, -0.15) is 0 Å². The molecule has 0 saturated heterocycles. The maximum absolute atomic E-state index is 9.66. The number of aliphatic imine (C=N–C) groups is 1. The van der Waals surface area contributed by atoms with E-state index in [9.17, 15) is 5.11 Å². The summed E-state index contributed by atoms with van der Waals surface area (Å²) in [5.74, 6) is 0.906. The normalized spacial score (nSPS) is 26.6. The van der Waals surface area contributed by atoms with E-state index in [-0.39, 0.29) is 35.7 Å². The summed E-state index contributed by atoms with van der Waals surface area (Å²) in [5, 5.41) is 16.6. The smallest absolute Gasteiger partial charge is 0.191 e. The third-order valence-corrected chi connectivity index (χ3v) is 5.28. The highest BCUT2D eigenvalue weighted by Gasteiger charge is 2.33. The zero-order chi connectivity index (χ0) is 17.3. The molecule has 0 aromatic carbocycles. The van der Waals surface area contributed by atoms with Gasteiger partial charge in [0.15, 0.2) is 5.96 Å². The minimum Gasteiger partial charge on any atom is -0.393 e. The summed E-state index contributed by atoms with van der Waals surface area (Å²) in [4.78, 5) is 4.88. The molecule has 2 aliphatic rings. The van der Waals surface area contributed by atoms with Crippen molar-refractivity contribution in [1.29, 1.82) is 0 Å². The Bertz CT molecular complexity index is 379. The molecule has 0 radical (unpaired) electrons. The molecule has 0 aliphatic heterocycles. The van der Waals surface area contributed by atoms with Crippen LogP contribution in [0.4, 0.5) is 0 Å². The van der Waals surface area contributed by atoms with Crippen molar-refractivity contribution in [2.45, 2.75) is 95.8 Å². The lowest BCUT2D eigenvalue weighted by Crippen LogP contribution is -2.47. The molecule has 25 heavy (non-hydrogen) atoms. The van der Waals surface area contributed by atoms with Crippen molar-refractivity contribution in [1.82, 2.24) is 10.6 Å². The first-order valence-electron chi connectivity index (χ1n) is 10.0. The molecule has 2 rings (SSSR count). The number of hydrogen-bond donors (Lipinski definition) is 3. The molecule has 0 atom stereocenters. The number of aliphatic hydroxyl groups is 1. The Morgan fingerprint density at radius 2 is 1.80 bits per heavy atom. The largest absolute Gasteiger partial charge is 0.393 e. The lowest BCUT2D eigenvalue weighted by molar-refractivity contribution is -0.0624. The highest BCUT2D eigenvalue weighted by atomic mass is 127. The Kier molecular flexibility index (Phi) is 11.3. The van der Waals surface area contributed by atoms with E-state index in [4.69, 9.17) is 9.73 Å². The Hall–Kier alpha value is -0.0800. The molecular weight excluding hydrogens is 429 g/mol. The topological polar surface area (TPSA) is 65.9 Å². The molecule has 148 valence electrons. The summed E-state index contributed by atoms with van der Waals surface area (Å²) in [5.41, 5.74) is -0.0562. The van der Waals surface area contributed by atoms with Gasteiger partial charge in [0.25, 0.3) is 0 Å². The summed E-state index contributed by atoms with van der Waals surface area (Å²) < 4.78 is 6.26. The van der Waals surface area contributed by atoms with Crippen molar-refractivity contribution in [2.24, 2.45) is 4.99 Å². The first-order valence-corrected chi connectivity index (χ1v) is 10.0. The summed E-state index contributed by atoms with van der Waals surface area (Å²) in [6, 6.07) is 0.421. The third-order valence-electron chi connectivity index (χ3n) is 5.28. The fraction of sp³-hybridized carbons (Fsp3) is 0.947. The molecule has 0 bridgehead atoms. The first-order chi connectivity index (χ1) is 11.7. The Balaban J connectivity index is 0.00000312. The summed E-state index contributed by atoms with van der Waals surface area (Å²) in [6.45, 7) is 6.72. The van der Waals surface area contributed by atoms with E-state index in [1.54, 1.807) is 0 Å². The predicted octanol–water partition coefficient (Wildman–Crippen LogP) is 3.59. The standard InChI is InChI=1S/C19H37N3O2.HI/c1-3-14-24-19(12-6-5-7-13-19)15-21-18(20-4-2)22-16-8-10-17(23)11-9-16;/h16-17,23H,3-15H2,1-2H3,(H2,20,21,22);1H. The van der Waals surface area contributed by atoms with Crippen LogP contribution >= 0.6 is 24.0 Å². The average molecular weight is 467 g/mol. The van der Waals surface area contributed by atoms with Gasteiger partial charge in [-0.05, 0) is 51.9 Å². The average Bonchev–Trinajstić information content (AvgIpc) is 2.61. The molecule has 0 amide bonds. The van der Waals surface area contributed by atoms with E-state index in [0.717, 1.165) is 70.6 Å². The van der Waals surface area contributed by atoms with E-state index >= 15 is 0 Å². The Morgan fingerprint density at radius 1 is 1.12 bits per heavy atom. The van der Waals surface area contributed by atoms with Gasteiger partial charge in [-0.3, -0.25) is 4.99 Å². The molecule has 2 saturated carbocycles. The van der Waals surface area contributed by atoms with Crippen LogP contribution in [-0.4, -0.2) is 48.5 Å². The van der Waals surface area contributed by atoms with E-state index in [1.807, 2.05) is 0 Å². The molecule has 0 heterocycles. The minimum absolute atomic E-state index is 0. The number of hydrogen-bond acceptors (Lipinski definition) is 3. The van der Waals surface area contributed by atoms with Gasteiger partial charge in [-0.25, -0.2) is 0 Å². The Morgan fingerprint density at radius 3 is 2.40 bits per heavy atom. The van der Waals surface area contributed by atoms with Crippen molar-refractivity contribution >= 4 is 29.9 Å². The van der Waals surface area contributed by atoms with Crippen LogP contribution in [0.1, 0.15) is 78.1 Å². The van der Waals surface area contributed by atoms with Crippen molar-refractivity contribution in [3.63, 3.8) is 0 Å². The molecule has 0 unspecified atom stereocenters. The Labute approximate surface area is 170 Å². The molecule has 0 aromatic heterocycles. The van der Waals surface area contributed by atoms with Crippen LogP contribution in [0.2, 0.25) is 0 Å². The highest BCUT2D eigenvalue weighted by Crippen LogP contribution is 2.32. The number of rotatable bonds is 7. The van der Waals surface area contributed by atoms with Crippen LogP contribution in [0, 0.1) is 0 Å². The van der Waals surface area contributed by atoms with Crippen molar-refractivity contribution in [3.8, 4) is 0 Å². The summed E-state index contributed by atoms with van der Waals surface area (Å²) in [6.07, 6.45) is 10.9. The van der Waals surface area contributed by atoms with E-state index < -0.39 is 0 Å². The SMILES string of the molecule is CCCOC1(CN=C(NCC)NC2CCC(O)CC2)CCCCC1.I. The summed E-state index contributed by atoms with van der Waals surface area (Å²) >= 11 is 0. The lowest BCUT2D eigenvalue weighted by Gasteiger charge is -2.36. The van der Waals surface area contributed by atoms with Crippen molar-refractivity contribution in [3.05, 3.63) is 0 Å². The fourth-order valence-corrected chi connectivity index (χ4v) is 3.82. The maximum Gasteiger partial charge on any atom is 0.191 e. The van der Waals surface area contributed by atoms with Gasteiger partial charge in [0.1, 0.15) is 0 Å². The molecule has 6 heteroatoms. The molecule has 0 spiro atoms. The third kappa shape index (κ3) is 7.99. The quantitative estimate of drug-likeness (QED) is 0.304. The second-order valence-corrected chi connectivity index (χ2v) is 7.44. The second kappa shape index (κ2) is 12.3. The van der Waals surface area contributed by atoms with Crippen LogP contribution in [0.5, 0.6) is 0 Å². The van der Waals surface area contributed by atoms with Gasteiger partial charge >= 0.3 is 0 Å². The first kappa shape index (κ1) is 23.0. The number of guanidine groups is 1. The predicted molar refractivity (Wildman–Crippen MR) is 115 cm³/mol. The van der Waals surface area contributed by atoms with Gasteiger partial charge in [0.05, 0.1) is 18.2 Å². The lowest BCUT2D eigenvalue weighted by atomic mass is 9.84. The molecular formula is C19H38IN3O2. The molecule has 3 N–H and O–H groups in total. The van der Waals surface area contributed by atoms with Gasteiger partial charge in [0, 0.05) is 19.2 Å². The second-order valence-electron chi connectivity index (χ2n) is 7.44.